The maximum atomic E-state index is 12.1. The second-order valence-corrected chi connectivity index (χ2v) is 6.89. The van der Waals surface area contributed by atoms with Crippen molar-refractivity contribution in [3.8, 4) is 0 Å². The van der Waals surface area contributed by atoms with Gasteiger partial charge in [-0.2, -0.15) is 0 Å². The molecule has 4 amide bonds. The zero-order chi connectivity index (χ0) is 18.5. The van der Waals surface area contributed by atoms with Gasteiger partial charge in [0, 0.05) is 31.4 Å². The lowest BCUT2D eigenvalue weighted by Crippen LogP contribution is -2.37. The van der Waals surface area contributed by atoms with E-state index < -0.39 is 18.0 Å². The molecular weight excluding hydrogens is 334 g/mol. The summed E-state index contributed by atoms with van der Waals surface area (Å²) in [6.45, 7) is 0.335. The number of urea groups is 1. The fourth-order valence-electron chi connectivity index (χ4n) is 3.58. The predicted molar refractivity (Wildman–Crippen MR) is 96.4 cm³/mol. The van der Waals surface area contributed by atoms with Gasteiger partial charge in [0.1, 0.15) is 11.9 Å². The van der Waals surface area contributed by atoms with Gasteiger partial charge in [-0.25, -0.2) is 9.78 Å². The van der Waals surface area contributed by atoms with Crippen LogP contribution in [0, 0.1) is 0 Å². The molecule has 3 N–H and O–H groups in total. The minimum absolute atomic E-state index is 0.0777. The lowest BCUT2D eigenvalue weighted by atomic mass is 9.94. The molecule has 0 aromatic carbocycles. The lowest BCUT2D eigenvalue weighted by molar-refractivity contribution is -0.126. The average molecular weight is 359 g/mol. The molecule has 0 bridgehead atoms. The number of rotatable bonds is 6. The highest BCUT2D eigenvalue weighted by atomic mass is 16.2. The maximum absolute atomic E-state index is 12.1. The molecule has 8 nitrogen and oxygen atoms in total. The van der Waals surface area contributed by atoms with E-state index in [-0.39, 0.29) is 12.3 Å². The van der Waals surface area contributed by atoms with Gasteiger partial charge in [-0.1, -0.05) is 25.3 Å². The van der Waals surface area contributed by atoms with Crippen molar-refractivity contribution in [3.63, 3.8) is 0 Å². The molecule has 140 valence electrons. The first-order valence-corrected chi connectivity index (χ1v) is 9.09. The minimum Gasteiger partial charge on any atom is -0.356 e. The molecule has 1 aliphatic heterocycles. The third-order valence-electron chi connectivity index (χ3n) is 5.05. The molecular formula is C18H25N5O3. The summed E-state index contributed by atoms with van der Waals surface area (Å²) in [6, 6.07) is 2.92. The molecule has 1 saturated heterocycles. The quantitative estimate of drug-likeness (QED) is 0.659. The van der Waals surface area contributed by atoms with Crippen LogP contribution in [0.2, 0.25) is 0 Å². The van der Waals surface area contributed by atoms with Crippen LogP contribution in [-0.2, 0) is 16.1 Å². The van der Waals surface area contributed by atoms with Crippen molar-refractivity contribution in [1.82, 2.24) is 20.9 Å². The van der Waals surface area contributed by atoms with Crippen LogP contribution in [0.3, 0.4) is 0 Å². The van der Waals surface area contributed by atoms with Crippen molar-refractivity contribution < 1.29 is 14.4 Å². The molecule has 0 radical (unpaired) electrons. The number of pyridine rings is 1. The Kier molecular flexibility index (Phi) is 5.70. The fraction of sp³-hybridized carbons (Fsp3) is 0.556. The van der Waals surface area contributed by atoms with Crippen molar-refractivity contribution >= 4 is 23.7 Å². The second kappa shape index (κ2) is 8.16. The number of aromatic nitrogens is 1. The Morgan fingerprint density at radius 2 is 2.08 bits per heavy atom. The average Bonchev–Trinajstić information content (AvgIpc) is 2.97. The highest BCUT2D eigenvalue weighted by molar-refractivity contribution is 6.05. The second-order valence-electron chi connectivity index (χ2n) is 6.89. The summed E-state index contributed by atoms with van der Waals surface area (Å²) < 4.78 is 0. The van der Waals surface area contributed by atoms with Crippen molar-refractivity contribution in [3.05, 3.63) is 23.9 Å². The molecule has 26 heavy (non-hydrogen) atoms. The molecule has 2 fully saturated rings. The van der Waals surface area contributed by atoms with Crippen molar-refractivity contribution in [2.24, 2.45) is 0 Å². The van der Waals surface area contributed by atoms with E-state index in [0.717, 1.165) is 24.2 Å². The topological polar surface area (TPSA) is 103 Å². The van der Waals surface area contributed by atoms with Crippen molar-refractivity contribution in [2.45, 2.75) is 57.2 Å². The first kappa shape index (κ1) is 18.2. The number of carbonyl (C=O) groups is 3. The standard InChI is InChI=1S/C18H25N5O3/c1-23(13-7-3-2-4-8-13)16-12(6-5-9-19-16)11-20-15(24)10-14-17(25)22-18(26)21-14/h5-6,9,13-14H,2-4,7-8,10-11H2,1H3,(H,20,24)(H2,21,22,25,26)/t14-/m1/s1. The summed E-state index contributed by atoms with van der Waals surface area (Å²) in [5.41, 5.74) is 0.939. The predicted octanol–water partition coefficient (Wildman–Crippen LogP) is 1.06. The molecule has 8 heteroatoms. The summed E-state index contributed by atoms with van der Waals surface area (Å²) in [5, 5.41) is 7.37. The molecule has 1 aliphatic carbocycles. The van der Waals surface area contributed by atoms with Gasteiger partial charge in [0.2, 0.25) is 5.91 Å². The van der Waals surface area contributed by atoms with Gasteiger partial charge in [0.15, 0.2) is 0 Å². The zero-order valence-corrected chi connectivity index (χ0v) is 15.0. The largest absolute Gasteiger partial charge is 0.356 e. The normalized spacial score (nSPS) is 20.4. The van der Waals surface area contributed by atoms with E-state index in [9.17, 15) is 14.4 Å². The number of imide groups is 1. The van der Waals surface area contributed by atoms with Crippen molar-refractivity contribution in [2.75, 3.05) is 11.9 Å². The van der Waals surface area contributed by atoms with E-state index in [1.54, 1.807) is 6.20 Å². The van der Waals surface area contributed by atoms with Crippen LogP contribution in [0.25, 0.3) is 0 Å². The Labute approximate surface area is 152 Å². The number of nitrogens with one attached hydrogen (secondary N) is 3. The van der Waals surface area contributed by atoms with E-state index in [0.29, 0.717) is 12.6 Å². The summed E-state index contributed by atoms with van der Waals surface area (Å²) >= 11 is 0. The van der Waals surface area contributed by atoms with E-state index >= 15 is 0 Å². The molecule has 2 heterocycles. The first-order chi connectivity index (χ1) is 12.5. The number of anilines is 1. The molecule has 0 unspecified atom stereocenters. The molecule has 3 rings (SSSR count). The number of hydrogen-bond acceptors (Lipinski definition) is 5. The Morgan fingerprint density at radius 3 is 2.77 bits per heavy atom. The van der Waals surface area contributed by atoms with E-state index in [2.05, 4.69) is 32.9 Å². The van der Waals surface area contributed by atoms with Gasteiger partial charge in [-0.3, -0.25) is 14.9 Å². The van der Waals surface area contributed by atoms with Crippen LogP contribution in [-0.4, -0.2) is 42.0 Å². The summed E-state index contributed by atoms with van der Waals surface area (Å²) in [4.78, 5) is 41.5. The fourth-order valence-corrected chi connectivity index (χ4v) is 3.58. The van der Waals surface area contributed by atoms with Gasteiger partial charge in [-0.05, 0) is 18.9 Å². The summed E-state index contributed by atoms with van der Waals surface area (Å²) in [7, 11) is 2.06. The zero-order valence-electron chi connectivity index (χ0n) is 15.0. The highest BCUT2D eigenvalue weighted by Crippen LogP contribution is 2.26. The van der Waals surface area contributed by atoms with Crippen molar-refractivity contribution in [1.29, 1.82) is 0 Å². The van der Waals surface area contributed by atoms with Crippen LogP contribution in [0.4, 0.5) is 10.6 Å². The Bertz CT molecular complexity index is 687. The van der Waals surface area contributed by atoms with Crippen LogP contribution >= 0.6 is 0 Å². The number of amides is 4. The highest BCUT2D eigenvalue weighted by Gasteiger charge is 2.31. The molecule has 1 saturated carbocycles. The third kappa shape index (κ3) is 4.30. The maximum Gasteiger partial charge on any atom is 0.322 e. The lowest BCUT2D eigenvalue weighted by Gasteiger charge is -2.33. The third-order valence-corrected chi connectivity index (χ3v) is 5.05. The Morgan fingerprint density at radius 1 is 1.31 bits per heavy atom. The molecule has 2 aliphatic rings. The SMILES string of the molecule is CN(c1ncccc1CNC(=O)C[C@H]1NC(=O)NC1=O)C1CCCCC1. The van der Waals surface area contributed by atoms with Crippen LogP contribution < -0.4 is 20.9 Å². The van der Waals surface area contributed by atoms with Crippen LogP contribution in [0.5, 0.6) is 0 Å². The number of hydrogen-bond donors (Lipinski definition) is 3. The molecule has 1 atom stereocenters. The summed E-state index contributed by atoms with van der Waals surface area (Å²) in [5.74, 6) is 0.123. The van der Waals surface area contributed by atoms with Crippen LogP contribution in [0.15, 0.2) is 18.3 Å². The van der Waals surface area contributed by atoms with E-state index in [1.807, 2.05) is 12.1 Å². The molecule has 0 spiro atoms. The Balaban J connectivity index is 1.58. The van der Waals surface area contributed by atoms with E-state index in [1.165, 1.54) is 19.3 Å². The smallest absolute Gasteiger partial charge is 0.322 e. The Hall–Kier alpha value is -2.64. The van der Waals surface area contributed by atoms with Gasteiger partial charge in [0.05, 0.1) is 6.42 Å². The van der Waals surface area contributed by atoms with Gasteiger partial charge in [0.25, 0.3) is 5.91 Å². The molecule has 1 aromatic heterocycles. The van der Waals surface area contributed by atoms with Gasteiger partial charge >= 0.3 is 6.03 Å². The molecule has 1 aromatic rings. The van der Waals surface area contributed by atoms with E-state index in [4.69, 9.17) is 0 Å². The minimum atomic E-state index is -0.805. The number of carbonyl (C=O) groups excluding carboxylic acids is 3. The van der Waals surface area contributed by atoms with Gasteiger partial charge < -0.3 is 15.5 Å². The first-order valence-electron chi connectivity index (χ1n) is 9.09. The number of nitrogens with zero attached hydrogens (tertiary/aromatic N) is 2. The summed E-state index contributed by atoms with van der Waals surface area (Å²) in [6.07, 6.45) is 7.78. The van der Waals surface area contributed by atoms with Crippen LogP contribution in [0.1, 0.15) is 44.1 Å². The monoisotopic (exact) mass is 359 g/mol. The van der Waals surface area contributed by atoms with Gasteiger partial charge in [-0.15, -0.1) is 0 Å².